The van der Waals surface area contributed by atoms with Gasteiger partial charge < -0.3 is 10.8 Å². The van der Waals surface area contributed by atoms with Gasteiger partial charge in [-0.3, -0.25) is 0 Å². The lowest BCUT2D eigenvalue weighted by atomic mass is 10.00. The van der Waals surface area contributed by atoms with Gasteiger partial charge in [-0.1, -0.05) is 36.8 Å². The fraction of sp³-hybridized carbons (Fsp3) is 0.455. The zero-order valence-corrected chi connectivity index (χ0v) is 8.20. The van der Waals surface area contributed by atoms with Gasteiger partial charge in [-0.2, -0.15) is 0 Å². The van der Waals surface area contributed by atoms with E-state index in [4.69, 9.17) is 5.73 Å². The van der Waals surface area contributed by atoms with E-state index in [9.17, 15) is 5.11 Å². The van der Waals surface area contributed by atoms with Crippen LogP contribution in [0, 0.1) is 6.92 Å². The number of aliphatic hydroxyl groups is 1. The van der Waals surface area contributed by atoms with Crippen LogP contribution in [0.5, 0.6) is 0 Å². The molecule has 0 fully saturated rings. The number of nitrogens with two attached hydrogens (primary N) is 1. The summed E-state index contributed by atoms with van der Waals surface area (Å²) in [4.78, 5) is 0. The van der Waals surface area contributed by atoms with E-state index in [1.54, 1.807) is 0 Å². The number of rotatable bonds is 3. The van der Waals surface area contributed by atoms with Crippen LogP contribution in [0.15, 0.2) is 24.3 Å². The molecule has 0 heterocycles. The molecular formula is C11H17NO. The number of aliphatic hydroxyl groups excluding tert-OH is 1. The van der Waals surface area contributed by atoms with Crippen LogP contribution in [0.25, 0.3) is 0 Å². The Labute approximate surface area is 79.4 Å². The van der Waals surface area contributed by atoms with Gasteiger partial charge in [0.1, 0.15) is 0 Å². The molecule has 0 spiro atoms. The molecule has 0 saturated carbocycles. The third kappa shape index (κ3) is 2.54. The van der Waals surface area contributed by atoms with Gasteiger partial charge in [0.15, 0.2) is 0 Å². The standard InChI is InChI=1S/C11H17NO/c1-3-10(13)11(12)9-6-4-8(2)5-7-9/h4-7,10-11,13H,3,12H2,1-2H3. The first-order valence-electron chi connectivity index (χ1n) is 4.65. The highest BCUT2D eigenvalue weighted by atomic mass is 16.3. The molecule has 2 nitrogen and oxygen atoms in total. The first-order valence-corrected chi connectivity index (χ1v) is 4.65. The van der Waals surface area contributed by atoms with Crippen molar-refractivity contribution in [3.05, 3.63) is 35.4 Å². The first kappa shape index (κ1) is 10.2. The average Bonchev–Trinajstić information content (AvgIpc) is 2.17. The van der Waals surface area contributed by atoms with E-state index in [1.807, 2.05) is 38.1 Å². The summed E-state index contributed by atoms with van der Waals surface area (Å²) in [6.07, 6.45) is 0.248. The Balaban J connectivity index is 2.77. The number of hydrogen-bond acceptors (Lipinski definition) is 2. The molecule has 1 aromatic carbocycles. The molecular weight excluding hydrogens is 162 g/mol. The van der Waals surface area contributed by atoms with Gasteiger partial charge in [0.2, 0.25) is 0 Å². The molecule has 1 aromatic rings. The summed E-state index contributed by atoms with van der Waals surface area (Å²) in [6, 6.07) is 7.71. The Morgan fingerprint density at radius 2 is 1.85 bits per heavy atom. The molecule has 1 rings (SSSR count). The third-order valence-corrected chi connectivity index (χ3v) is 2.30. The predicted octanol–water partition coefficient (Wildman–Crippen LogP) is 1.77. The average molecular weight is 179 g/mol. The summed E-state index contributed by atoms with van der Waals surface area (Å²) in [6.45, 7) is 3.96. The molecule has 0 aromatic heterocycles. The van der Waals surface area contributed by atoms with E-state index in [0.717, 1.165) is 5.56 Å². The minimum atomic E-state index is -0.442. The highest BCUT2D eigenvalue weighted by molar-refractivity contribution is 5.24. The quantitative estimate of drug-likeness (QED) is 0.742. The van der Waals surface area contributed by atoms with Crippen molar-refractivity contribution in [2.75, 3.05) is 0 Å². The maximum absolute atomic E-state index is 9.52. The van der Waals surface area contributed by atoms with Crippen molar-refractivity contribution in [1.82, 2.24) is 0 Å². The monoisotopic (exact) mass is 179 g/mol. The molecule has 0 aliphatic rings. The maximum atomic E-state index is 9.52. The van der Waals surface area contributed by atoms with Crippen LogP contribution >= 0.6 is 0 Å². The van der Waals surface area contributed by atoms with Crippen molar-refractivity contribution in [3.63, 3.8) is 0 Å². The summed E-state index contributed by atoms with van der Waals surface area (Å²) >= 11 is 0. The van der Waals surface area contributed by atoms with Crippen LogP contribution in [-0.4, -0.2) is 11.2 Å². The number of aryl methyl sites for hydroxylation is 1. The summed E-state index contributed by atoms with van der Waals surface area (Å²) in [7, 11) is 0. The third-order valence-electron chi connectivity index (χ3n) is 2.30. The van der Waals surface area contributed by atoms with Gasteiger partial charge in [-0.25, -0.2) is 0 Å². The van der Waals surface area contributed by atoms with Crippen molar-refractivity contribution in [1.29, 1.82) is 0 Å². The smallest absolute Gasteiger partial charge is 0.0730 e. The lowest BCUT2D eigenvalue weighted by Gasteiger charge is -2.17. The summed E-state index contributed by atoms with van der Waals surface area (Å²) in [5.41, 5.74) is 8.06. The van der Waals surface area contributed by atoms with E-state index >= 15 is 0 Å². The predicted molar refractivity (Wildman–Crippen MR) is 54.4 cm³/mol. The molecule has 2 unspecified atom stereocenters. The van der Waals surface area contributed by atoms with Gasteiger partial charge in [0, 0.05) is 0 Å². The van der Waals surface area contributed by atoms with E-state index in [2.05, 4.69) is 0 Å². The molecule has 0 saturated heterocycles. The van der Waals surface area contributed by atoms with Gasteiger partial charge >= 0.3 is 0 Å². The topological polar surface area (TPSA) is 46.2 Å². The van der Waals surface area contributed by atoms with Crippen molar-refractivity contribution in [2.24, 2.45) is 5.73 Å². The van der Waals surface area contributed by atoms with E-state index in [0.29, 0.717) is 6.42 Å². The van der Waals surface area contributed by atoms with Gasteiger partial charge in [0.05, 0.1) is 12.1 Å². The lowest BCUT2D eigenvalue weighted by Crippen LogP contribution is -2.25. The molecule has 0 radical (unpaired) electrons. The molecule has 72 valence electrons. The highest BCUT2D eigenvalue weighted by Crippen LogP contribution is 2.16. The normalized spacial score (nSPS) is 15.4. The van der Waals surface area contributed by atoms with Crippen LogP contribution < -0.4 is 5.73 Å². The van der Waals surface area contributed by atoms with Crippen molar-refractivity contribution >= 4 is 0 Å². The van der Waals surface area contributed by atoms with Crippen molar-refractivity contribution < 1.29 is 5.11 Å². The Bertz CT molecular complexity index is 255. The number of benzene rings is 1. The molecule has 0 amide bonds. The lowest BCUT2D eigenvalue weighted by molar-refractivity contribution is 0.140. The van der Waals surface area contributed by atoms with E-state index in [-0.39, 0.29) is 6.04 Å². The fourth-order valence-corrected chi connectivity index (χ4v) is 1.26. The minimum absolute atomic E-state index is 0.259. The largest absolute Gasteiger partial charge is 0.391 e. The van der Waals surface area contributed by atoms with Crippen molar-refractivity contribution in [2.45, 2.75) is 32.4 Å². The molecule has 2 heteroatoms. The Morgan fingerprint density at radius 1 is 1.31 bits per heavy atom. The zero-order valence-electron chi connectivity index (χ0n) is 8.20. The minimum Gasteiger partial charge on any atom is -0.391 e. The van der Waals surface area contributed by atoms with Crippen LogP contribution in [0.3, 0.4) is 0 Å². The second-order valence-corrected chi connectivity index (χ2v) is 3.41. The molecule has 0 aliphatic carbocycles. The Kier molecular flexibility index (Phi) is 3.46. The molecule has 0 aliphatic heterocycles. The van der Waals surface area contributed by atoms with Gasteiger partial charge in [-0.15, -0.1) is 0 Å². The molecule has 3 N–H and O–H groups in total. The van der Waals surface area contributed by atoms with Gasteiger partial charge in [0.25, 0.3) is 0 Å². The van der Waals surface area contributed by atoms with Crippen LogP contribution in [0.2, 0.25) is 0 Å². The van der Waals surface area contributed by atoms with Crippen LogP contribution in [0.1, 0.15) is 30.5 Å². The number of hydrogen-bond donors (Lipinski definition) is 2. The Hall–Kier alpha value is -0.860. The van der Waals surface area contributed by atoms with Gasteiger partial charge in [-0.05, 0) is 18.9 Å². The molecule has 13 heavy (non-hydrogen) atoms. The second kappa shape index (κ2) is 4.40. The summed E-state index contributed by atoms with van der Waals surface area (Å²) in [5.74, 6) is 0. The fourth-order valence-electron chi connectivity index (χ4n) is 1.26. The second-order valence-electron chi connectivity index (χ2n) is 3.41. The Morgan fingerprint density at radius 3 is 2.31 bits per heavy atom. The van der Waals surface area contributed by atoms with Crippen LogP contribution in [0.4, 0.5) is 0 Å². The van der Waals surface area contributed by atoms with E-state index in [1.165, 1.54) is 5.56 Å². The SMILES string of the molecule is CCC(O)C(N)c1ccc(C)cc1. The highest BCUT2D eigenvalue weighted by Gasteiger charge is 2.13. The van der Waals surface area contributed by atoms with E-state index < -0.39 is 6.10 Å². The zero-order chi connectivity index (χ0) is 9.84. The molecule has 2 atom stereocenters. The first-order chi connectivity index (χ1) is 6.15. The summed E-state index contributed by atoms with van der Waals surface area (Å²) in [5, 5.41) is 9.52. The van der Waals surface area contributed by atoms with Crippen LogP contribution in [-0.2, 0) is 0 Å². The van der Waals surface area contributed by atoms with Crippen molar-refractivity contribution in [3.8, 4) is 0 Å². The maximum Gasteiger partial charge on any atom is 0.0730 e. The molecule has 0 bridgehead atoms. The summed E-state index contributed by atoms with van der Waals surface area (Å²) < 4.78 is 0.